The van der Waals surface area contributed by atoms with Crippen LogP contribution in [0.4, 0.5) is 13.2 Å². The van der Waals surface area contributed by atoms with E-state index in [-0.39, 0.29) is 17.9 Å². The standard InChI is InChI=1S/C21H13F3N6OS/c22-21(23,24)14-6-8-15(9-7-14)30-18(26-27-28-30)11-29-12-25-16-10-17(32-19(16)20(29)31)13-4-2-1-3-5-13/h1-10,12H,11H2. The van der Waals surface area contributed by atoms with Crippen LogP contribution < -0.4 is 5.56 Å². The van der Waals surface area contributed by atoms with Crippen molar-refractivity contribution in [2.24, 2.45) is 0 Å². The molecule has 0 radical (unpaired) electrons. The number of hydrogen-bond acceptors (Lipinski definition) is 6. The molecule has 0 aliphatic carbocycles. The van der Waals surface area contributed by atoms with E-state index in [0.29, 0.717) is 15.9 Å². The molecule has 0 fully saturated rings. The van der Waals surface area contributed by atoms with Gasteiger partial charge in [-0.3, -0.25) is 9.36 Å². The van der Waals surface area contributed by atoms with Gasteiger partial charge in [0, 0.05) is 4.88 Å². The molecule has 3 aromatic heterocycles. The lowest BCUT2D eigenvalue weighted by Gasteiger charge is -2.09. The molecule has 0 saturated heterocycles. The fraction of sp³-hybridized carbons (Fsp3) is 0.0952. The Labute approximate surface area is 182 Å². The molecule has 0 N–H and O–H groups in total. The number of aromatic nitrogens is 6. The predicted octanol–water partition coefficient (Wildman–Crippen LogP) is 4.17. The van der Waals surface area contributed by atoms with Gasteiger partial charge in [-0.1, -0.05) is 30.3 Å². The maximum absolute atomic E-state index is 13.0. The second kappa shape index (κ2) is 7.68. The van der Waals surface area contributed by atoms with Crippen molar-refractivity contribution < 1.29 is 13.2 Å². The van der Waals surface area contributed by atoms with E-state index in [1.54, 1.807) is 0 Å². The van der Waals surface area contributed by atoms with E-state index in [0.717, 1.165) is 22.6 Å². The van der Waals surface area contributed by atoms with Gasteiger partial charge in [0.2, 0.25) is 0 Å². The Morgan fingerprint density at radius 2 is 1.75 bits per heavy atom. The third-order valence-electron chi connectivity index (χ3n) is 4.85. The number of halogens is 3. The first-order valence-electron chi connectivity index (χ1n) is 9.39. The molecule has 0 aliphatic heterocycles. The van der Waals surface area contributed by atoms with Gasteiger partial charge >= 0.3 is 6.18 Å². The van der Waals surface area contributed by atoms with Crippen LogP contribution in [0.25, 0.3) is 26.3 Å². The number of alkyl halides is 3. The second-order valence-corrected chi connectivity index (χ2v) is 7.97. The van der Waals surface area contributed by atoms with Gasteiger partial charge in [-0.25, -0.2) is 4.98 Å². The summed E-state index contributed by atoms with van der Waals surface area (Å²) in [5.74, 6) is 0.285. The van der Waals surface area contributed by atoms with Gasteiger partial charge in [0.1, 0.15) is 4.70 Å². The molecule has 5 rings (SSSR count). The Hall–Kier alpha value is -3.86. The summed E-state index contributed by atoms with van der Waals surface area (Å²) in [5, 5.41) is 11.4. The lowest BCUT2D eigenvalue weighted by molar-refractivity contribution is -0.137. The van der Waals surface area contributed by atoms with Crippen LogP contribution in [0.5, 0.6) is 0 Å². The average Bonchev–Trinajstić information content (AvgIpc) is 3.43. The first-order valence-corrected chi connectivity index (χ1v) is 10.2. The van der Waals surface area contributed by atoms with Gasteiger partial charge in [-0.05, 0) is 46.3 Å². The Balaban J connectivity index is 1.48. The van der Waals surface area contributed by atoms with Gasteiger partial charge in [0.05, 0.1) is 29.6 Å². The van der Waals surface area contributed by atoms with E-state index >= 15 is 0 Å². The van der Waals surface area contributed by atoms with Gasteiger partial charge in [-0.2, -0.15) is 17.9 Å². The summed E-state index contributed by atoms with van der Waals surface area (Å²) < 4.78 is 41.6. The molecule has 160 valence electrons. The van der Waals surface area contributed by atoms with E-state index in [2.05, 4.69) is 20.5 Å². The van der Waals surface area contributed by atoms with E-state index in [9.17, 15) is 18.0 Å². The average molecular weight is 454 g/mol. The molecular weight excluding hydrogens is 441 g/mol. The first kappa shape index (κ1) is 20.1. The summed E-state index contributed by atoms with van der Waals surface area (Å²) in [7, 11) is 0. The maximum atomic E-state index is 13.0. The van der Waals surface area contributed by atoms with Crippen LogP contribution in [0.1, 0.15) is 11.4 Å². The monoisotopic (exact) mass is 454 g/mol. The largest absolute Gasteiger partial charge is 0.416 e. The van der Waals surface area contributed by atoms with Gasteiger partial charge in [0.25, 0.3) is 5.56 Å². The minimum absolute atomic E-state index is 0.00830. The normalized spacial score (nSPS) is 11.8. The van der Waals surface area contributed by atoms with Crippen molar-refractivity contribution in [2.75, 3.05) is 0 Å². The van der Waals surface area contributed by atoms with Gasteiger partial charge < -0.3 is 0 Å². The molecule has 0 amide bonds. The minimum atomic E-state index is -4.43. The highest BCUT2D eigenvalue weighted by Gasteiger charge is 2.30. The highest BCUT2D eigenvalue weighted by atomic mass is 32.1. The Bertz CT molecular complexity index is 1460. The molecule has 11 heteroatoms. The zero-order chi connectivity index (χ0) is 22.3. The fourth-order valence-corrected chi connectivity index (χ4v) is 4.32. The number of benzene rings is 2. The van der Waals surface area contributed by atoms with Crippen molar-refractivity contribution in [2.45, 2.75) is 12.7 Å². The molecule has 0 unspecified atom stereocenters. The summed E-state index contributed by atoms with van der Waals surface area (Å²) in [6, 6.07) is 16.0. The van der Waals surface area contributed by atoms with Crippen molar-refractivity contribution in [3.8, 4) is 16.1 Å². The number of nitrogens with zero attached hydrogens (tertiary/aromatic N) is 6. The van der Waals surface area contributed by atoms with Crippen molar-refractivity contribution in [1.29, 1.82) is 0 Å². The number of hydrogen-bond donors (Lipinski definition) is 0. The molecule has 0 spiro atoms. The molecule has 3 heterocycles. The minimum Gasteiger partial charge on any atom is -0.290 e. The topological polar surface area (TPSA) is 78.5 Å². The highest BCUT2D eigenvalue weighted by molar-refractivity contribution is 7.22. The van der Waals surface area contributed by atoms with E-state index in [1.807, 2.05) is 36.4 Å². The molecule has 0 bridgehead atoms. The Morgan fingerprint density at radius 1 is 1.00 bits per heavy atom. The molecule has 0 saturated carbocycles. The SMILES string of the molecule is O=c1c2sc(-c3ccccc3)cc2ncn1Cc1nnnn1-c1ccc(C(F)(F)F)cc1. The third-order valence-corrected chi connectivity index (χ3v) is 6.01. The van der Waals surface area contributed by atoms with E-state index in [4.69, 9.17) is 0 Å². The summed E-state index contributed by atoms with van der Waals surface area (Å²) in [6.45, 7) is 0.00830. The summed E-state index contributed by atoms with van der Waals surface area (Å²) in [6.07, 6.45) is -3.02. The smallest absolute Gasteiger partial charge is 0.290 e. The van der Waals surface area contributed by atoms with Crippen LogP contribution in [0.2, 0.25) is 0 Å². The van der Waals surface area contributed by atoms with Crippen LogP contribution in [-0.4, -0.2) is 29.8 Å². The number of thiophene rings is 1. The van der Waals surface area contributed by atoms with Crippen LogP contribution in [0, 0.1) is 0 Å². The summed E-state index contributed by atoms with van der Waals surface area (Å²) >= 11 is 1.35. The molecule has 0 aliphatic rings. The van der Waals surface area contributed by atoms with Crippen LogP contribution in [-0.2, 0) is 12.7 Å². The van der Waals surface area contributed by atoms with Crippen LogP contribution in [0.15, 0.2) is 71.8 Å². The summed E-state index contributed by atoms with van der Waals surface area (Å²) in [4.78, 5) is 18.3. The highest BCUT2D eigenvalue weighted by Crippen LogP contribution is 2.31. The first-order chi connectivity index (χ1) is 15.4. The quantitative estimate of drug-likeness (QED) is 0.407. The van der Waals surface area contributed by atoms with E-state index < -0.39 is 11.7 Å². The number of tetrazole rings is 1. The van der Waals surface area contributed by atoms with Gasteiger partial charge in [0.15, 0.2) is 5.82 Å². The molecule has 32 heavy (non-hydrogen) atoms. The molecular formula is C21H13F3N6OS. The van der Waals surface area contributed by atoms with Crippen molar-refractivity contribution in [3.05, 3.63) is 88.7 Å². The lowest BCUT2D eigenvalue weighted by Crippen LogP contribution is -2.22. The van der Waals surface area contributed by atoms with Crippen molar-refractivity contribution in [3.63, 3.8) is 0 Å². The predicted molar refractivity (Wildman–Crippen MR) is 113 cm³/mol. The number of fused-ring (bicyclic) bond motifs is 1. The lowest BCUT2D eigenvalue weighted by atomic mass is 10.2. The van der Waals surface area contributed by atoms with Crippen molar-refractivity contribution in [1.82, 2.24) is 29.8 Å². The molecule has 5 aromatic rings. The third kappa shape index (κ3) is 3.66. The fourth-order valence-electron chi connectivity index (χ4n) is 3.25. The molecule has 7 nitrogen and oxygen atoms in total. The zero-order valence-electron chi connectivity index (χ0n) is 16.2. The molecule has 0 atom stereocenters. The Morgan fingerprint density at radius 3 is 2.47 bits per heavy atom. The van der Waals surface area contributed by atoms with Crippen LogP contribution in [0.3, 0.4) is 0 Å². The maximum Gasteiger partial charge on any atom is 0.416 e. The second-order valence-electron chi connectivity index (χ2n) is 6.92. The zero-order valence-corrected chi connectivity index (χ0v) is 17.0. The Kier molecular flexibility index (Phi) is 4.82. The molecule has 2 aromatic carbocycles. The van der Waals surface area contributed by atoms with Gasteiger partial charge in [-0.15, -0.1) is 16.4 Å². The van der Waals surface area contributed by atoms with Crippen LogP contribution >= 0.6 is 11.3 Å². The van der Waals surface area contributed by atoms with Crippen molar-refractivity contribution >= 4 is 21.6 Å². The number of rotatable bonds is 4. The van der Waals surface area contributed by atoms with E-state index in [1.165, 1.54) is 39.0 Å². The summed E-state index contributed by atoms with van der Waals surface area (Å²) in [5.41, 5.74) is 0.922.